The highest BCUT2D eigenvalue weighted by Crippen LogP contribution is 1.95. The molecule has 0 aliphatic carbocycles. The third-order valence-corrected chi connectivity index (χ3v) is 1.76. The molecule has 78 valence electrons. The molecule has 0 saturated heterocycles. The normalized spacial score (nSPS) is 10.2. The van der Waals surface area contributed by atoms with E-state index in [1.54, 1.807) is 10.9 Å². The Morgan fingerprint density at radius 1 is 1.67 bits per heavy atom. The highest BCUT2D eigenvalue weighted by Gasteiger charge is 2.09. The van der Waals surface area contributed by atoms with E-state index in [4.69, 9.17) is 0 Å². The molecule has 0 radical (unpaired) electrons. The van der Waals surface area contributed by atoms with Crippen molar-refractivity contribution in [2.24, 2.45) is 7.05 Å². The molecule has 0 bridgehead atoms. The number of aryl methyl sites for hydroxylation is 1. The van der Waals surface area contributed by atoms with E-state index in [9.17, 15) is 4.79 Å². The van der Waals surface area contributed by atoms with Gasteiger partial charge in [-0.1, -0.05) is 0 Å². The van der Waals surface area contributed by atoms with Gasteiger partial charge in [-0.2, -0.15) is 10.3 Å². The molecule has 0 aliphatic rings. The summed E-state index contributed by atoms with van der Waals surface area (Å²) in [6.45, 7) is 0.390. The van der Waals surface area contributed by atoms with Gasteiger partial charge in [0.05, 0.1) is 6.20 Å². The molecule has 2 N–H and O–H groups in total. The topological polar surface area (TPSA) is 101 Å². The Kier molecular flexibility index (Phi) is 2.40. The summed E-state index contributed by atoms with van der Waals surface area (Å²) in [5, 5.41) is 19.2. The number of amides is 1. The molecule has 0 aliphatic heterocycles. The molecule has 0 spiro atoms. The van der Waals surface area contributed by atoms with Crippen molar-refractivity contribution in [3.8, 4) is 0 Å². The number of nitrogens with one attached hydrogen (secondary N) is 2. The van der Waals surface area contributed by atoms with Crippen LogP contribution in [-0.2, 0) is 13.6 Å². The highest BCUT2D eigenvalue weighted by molar-refractivity contribution is 5.89. The van der Waals surface area contributed by atoms with E-state index in [-0.39, 0.29) is 11.7 Å². The maximum absolute atomic E-state index is 11.4. The molecule has 8 heteroatoms. The first-order chi connectivity index (χ1) is 7.25. The van der Waals surface area contributed by atoms with Crippen LogP contribution in [0.1, 0.15) is 16.2 Å². The second-order valence-corrected chi connectivity index (χ2v) is 2.94. The average Bonchev–Trinajstić information content (AvgIpc) is 2.84. The summed E-state index contributed by atoms with van der Waals surface area (Å²) in [6.07, 6.45) is 3.49. The summed E-state index contributed by atoms with van der Waals surface area (Å²) in [4.78, 5) is 11.4. The minimum absolute atomic E-state index is 0.0268. The Morgan fingerprint density at radius 3 is 3.13 bits per heavy atom. The van der Waals surface area contributed by atoms with Gasteiger partial charge in [0.2, 0.25) is 0 Å². The Balaban J connectivity index is 1.91. The quantitative estimate of drug-likeness (QED) is 0.662. The molecule has 15 heavy (non-hydrogen) atoms. The second-order valence-electron chi connectivity index (χ2n) is 2.94. The van der Waals surface area contributed by atoms with Crippen LogP contribution in [0, 0.1) is 0 Å². The molecule has 2 aromatic heterocycles. The molecule has 0 aromatic carbocycles. The fourth-order valence-corrected chi connectivity index (χ4v) is 1.08. The smallest absolute Gasteiger partial charge is 0.293 e. The fraction of sp³-hybridized carbons (Fsp3) is 0.286. The number of hydrogen-bond donors (Lipinski definition) is 2. The standard InChI is InChI=1S/C7H9N7O/c1-14-4-5(3-9-14)2-8-7(15)6-10-12-13-11-6/h3-4H,2H2,1H3,(H,8,15)(H,10,11,12,13). The van der Waals surface area contributed by atoms with Crippen LogP contribution in [0.2, 0.25) is 0 Å². The second kappa shape index (κ2) is 3.86. The number of rotatable bonds is 3. The first-order valence-corrected chi connectivity index (χ1v) is 4.25. The number of carbonyl (C=O) groups excluding carboxylic acids is 1. The summed E-state index contributed by atoms with van der Waals surface area (Å²) in [5.74, 6) is -0.341. The van der Waals surface area contributed by atoms with Crippen molar-refractivity contribution < 1.29 is 4.79 Å². The third kappa shape index (κ3) is 2.16. The van der Waals surface area contributed by atoms with Crippen molar-refractivity contribution in [3.63, 3.8) is 0 Å². The highest BCUT2D eigenvalue weighted by atomic mass is 16.2. The molecular formula is C7H9N7O. The van der Waals surface area contributed by atoms with Gasteiger partial charge in [0.15, 0.2) is 0 Å². The lowest BCUT2D eigenvalue weighted by Gasteiger charge is -1.98. The molecule has 2 rings (SSSR count). The molecule has 2 heterocycles. The van der Waals surface area contributed by atoms with E-state index in [0.717, 1.165) is 5.56 Å². The first-order valence-electron chi connectivity index (χ1n) is 4.25. The van der Waals surface area contributed by atoms with E-state index in [0.29, 0.717) is 6.54 Å². The summed E-state index contributed by atoms with van der Waals surface area (Å²) in [6, 6.07) is 0. The molecule has 2 aromatic rings. The first kappa shape index (κ1) is 9.31. The fourth-order valence-electron chi connectivity index (χ4n) is 1.08. The summed E-state index contributed by atoms with van der Waals surface area (Å²) in [5.41, 5.74) is 0.911. The van der Waals surface area contributed by atoms with E-state index >= 15 is 0 Å². The van der Waals surface area contributed by atoms with Crippen LogP contribution in [0.4, 0.5) is 0 Å². The van der Waals surface area contributed by atoms with Gasteiger partial charge >= 0.3 is 0 Å². The van der Waals surface area contributed by atoms with Crippen molar-refractivity contribution in [1.29, 1.82) is 0 Å². The van der Waals surface area contributed by atoms with Gasteiger partial charge in [-0.3, -0.25) is 9.48 Å². The van der Waals surface area contributed by atoms with E-state index in [1.165, 1.54) is 0 Å². The largest absolute Gasteiger partial charge is 0.345 e. The van der Waals surface area contributed by atoms with Crippen LogP contribution in [0.3, 0.4) is 0 Å². The molecule has 0 fully saturated rings. The number of carbonyl (C=O) groups is 1. The Hall–Kier alpha value is -2.25. The summed E-state index contributed by atoms with van der Waals surface area (Å²) >= 11 is 0. The van der Waals surface area contributed by atoms with Gasteiger partial charge in [-0.25, -0.2) is 0 Å². The number of nitrogens with zero attached hydrogens (tertiary/aromatic N) is 5. The van der Waals surface area contributed by atoms with Gasteiger partial charge in [0.1, 0.15) is 0 Å². The minimum Gasteiger partial charge on any atom is -0.345 e. The lowest BCUT2D eigenvalue weighted by atomic mass is 10.3. The monoisotopic (exact) mass is 207 g/mol. The van der Waals surface area contributed by atoms with Gasteiger partial charge in [-0.15, -0.1) is 10.2 Å². The van der Waals surface area contributed by atoms with Crippen LogP contribution in [0.15, 0.2) is 12.4 Å². The van der Waals surface area contributed by atoms with Crippen molar-refractivity contribution in [1.82, 2.24) is 35.7 Å². The zero-order valence-electron chi connectivity index (χ0n) is 8.01. The molecule has 0 atom stereocenters. The average molecular weight is 207 g/mol. The van der Waals surface area contributed by atoms with Crippen LogP contribution < -0.4 is 5.32 Å². The molecular weight excluding hydrogens is 198 g/mol. The van der Waals surface area contributed by atoms with Crippen LogP contribution in [0.25, 0.3) is 0 Å². The van der Waals surface area contributed by atoms with Crippen LogP contribution >= 0.6 is 0 Å². The maximum Gasteiger partial charge on any atom is 0.293 e. The molecule has 8 nitrogen and oxygen atoms in total. The number of hydrogen-bond acceptors (Lipinski definition) is 5. The number of H-pyrrole nitrogens is 1. The maximum atomic E-state index is 11.4. The number of tetrazole rings is 1. The van der Waals surface area contributed by atoms with Crippen molar-refractivity contribution >= 4 is 5.91 Å². The van der Waals surface area contributed by atoms with Crippen molar-refractivity contribution in [2.75, 3.05) is 0 Å². The van der Waals surface area contributed by atoms with Crippen molar-refractivity contribution in [3.05, 3.63) is 23.8 Å². The lowest BCUT2D eigenvalue weighted by Crippen LogP contribution is -2.23. The predicted molar refractivity (Wildman–Crippen MR) is 48.6 cm³/mol. The lowest BCUT2D eigenvalue weighted by molar-refractivity contribution is 0.0940. The van der Waals surface area contributed by atoms with E-state index in [2.05, 4.69) is 31.0 Å². The van der Waals surface area contributed by atoms with Gasteiger partial charge in [0.25, 0.3) is 11.7 Å². The molecule has 0 saturated carbocycles. The Morgan fingerprint density at radius 2 is 2.53 bits per heavy atom. The molecule has 0 unspecified atom stereocenters. The third-order valence-electron chi connectivity index (χ3n) is 1.76. The number of aromatic amines is 1. The SMILES string of the molecule is Cn1cc(CNC(=O)c2nn[nH]n2)cn1. The van der Waals surface area contributed by atoms with Crippen LogP contribution in [-0.4, -0.2) is 36.3 Å². The molecule has 1 amide bonds. The van der Waals surface area contributed by atoms with E-state index < -0.39 is 0 Å². The zero-order chi connectivity index (χ0) is 10.7. The van der Waals surface area contributed by atoms with Gasteiger partial charge in [0, 0.05) is 25.4 Å². The van der Waals surface area contributed by atoms with Crippen molar-refractivity contribution in [2.45, 2.75) is 6.54 Å². The van der Waals surface area contributed by atoms with Crippen LogP contribution in [0.5, 0.6) is 0 Å². The number of aromatic nitrogens is 6. The zero-order valence-corrected chi connectivity index (χ0v) is 8.01. The minimum atomic E-state index is -0.368. The van der Waals surface area contributed by atoms with Gasteiger partial charge in [-0.05, 0) is 5.21 Å². The Bertz CT molecular complexity index is 446. The predicted octanol–water partition coefficient (Wildman–Crippen LogP) is -1.14. The Labute approximate surface area is 84.7 Å². The summed E-state index contributed by atoms with van der Waals surface area (Å²) < 4.78 is 1.66. The van der Waals surface area contributed by atoms with Gasteiger partial charge < -0.3 is 5.32 Å². The van der Waals surface area contributed by atoms with E-state index in [1.807, 2.05) is 13.2 Å². The summed E-state index contributed by atoms with van der Waals surface area (Å²) in [7, 11) is 1.81.